The summed E-state index contributed by atoms with van der Waals surface area (Å²) in [6.07, 6.45) is 1.62. The predicted molar refractivity (Wildman–Crippen MR) is 37.0 cm³/mol. The van der Waals surface area contributed by atoms with Crippen LogP contribution in [0.1, 0.15) is 11.7 Å². The topological polar surface area (TPSA) is 82.8 Å². The van der Waals surface area contributed by atoms with Gasteiger partial charge in [-0.25, -0.2) is 0 Å². The molecule has 0 amide bonds. The van der Waals surface area contributed by atoms with Crippen LogP contribution in [0.2, 0.25) is 0 Å². The van der Waals surface area contributed by atoms with Crippen molar-refractivity contribution in [1.29, 1.82) is 0 Å². The highest BCUT2D eigenvalue weighted by Gasteiger charge is 2.05. The molecule has 0 bridgehead atoms. The zero-order valence-corrected chi connectivity index (χ0v) is 5.86. The Morgan fingerprint density at radius 3 is 2.90 bits per heavy atom. The molecule has 1 rings (SSSR count). The third-order valence-electron chi connectivity index (χ3n) is 1.25. The average molecular weight is 141 g/mol. The second-order valence-electron chi connectivity index (χ2n) is 2.10. The fraction of sp³-hybridized carbons (Fsp3) is 0.600. The number of aryl methyl sites for hydroxylation is 1. The summed E-state index contributed by atoms with van der Waals surface area (Å²) >= 11 is 0. The molecule has 5 nitrogen and oxygen atoms in total. The summed E-state index contributed by atoms with van der Waals surface area (Å²) in [4.78, 5) is 1.46. The number of nitrogens with two attached hydrogens (primary N) is 2. The van der Waals surface area contributed by atoms with Crippen LogP contribution >= 0.6 is 0 Å². The highest BCUT2D eigenvalue weighted by Crippen LogP contribution is 2.00. The summed E-state index contributed by atoms with van der Waals surface area (Å²) in [5, 5.41) is 7.84. The third-order valence-corrected chi connectivity index (χ3v) is 1.25. The van der Waals surface area contributed by atoms with Crippen molar-refractivity contribution >= 4 is 0 Å². The SMILES string of the molecule is Cn1ncc(C(N)CN)n1. The van der Waals surface area contributed by atoms with E-state index in [1.54, 1.807) is 13.2 Å². The van der Waals surface area contributed by atoms with Crippen molar-refractivity contribution in [1.82, 2.24) is 15.0 Å². The van der Waals surface area contributed by atoms with Crippen LogP contribution in [0.15, 0.2) is 6.20 Å². The molecule has 1 aromatic heterocycles. The van der Waals surface area contributed by atoms with Crippen molar-refractivity contribution in [3.8, 4) is 0 Å². The van der Waals surface area contributed by atoms with Crippen molar-refractivity contribution in [3.63, 3.8) is 0 Å². The van der Waals surface area contributed by atoms with Crippen LogP contribution in [-0.2, 0) is 7.05 Å². The molecule has 1 aromatic rings. The van der Waals surface area contributed by atoms with Crippen molar-refractivity contribution in [2.24, 2.45) is 18.5 Å². The molecule has 1 heterocycles. The summed E-state index contributed by atoms with van der Waals surface area (Å²) in [6.45, 7) is 0.401. The van der Waals surface area contributed by atoms with Crippen LogP contribution in [0, 0.1) is 0 Å². The monoisotopic (exact) mass is 141 g/mol. The summed E-state index contributed by atoms with van der Waals surface area (Å²) in [5.74, 6) is 0. The molecule has 1 atom stereocenters. The van der Waals surface area contributed by atoms with Gasteiger partial charge in [-0.05, 0) is 0 Å². The van der Waals surface area contributed by atoms with Crippen LogP contribution in [0.5, 0.6) is 0 Å². The maximum Gasteiger partial charge on any atom is 0.101 e. The minimum Gasteiger partial charge on any atom is -0.329 e. The third kappa shape index (κ3) is 1.31. The van der Waals surface area contributed by atoms with Gasteiger partial charge >= 0.3 is 0 Å². The highest BCUT2D eigenvalue weighted by molar-refractivity contribution is 4.98. The van der Waals surface area contributed by atoms with E-state index in [2.05, 4.69) is 10.2 Å². The number of aromatic nitrogens is 3. The van der Waals surface area contributed by atoms with Gasteiger partial charge in [-0.1, -0.05) is 0 Å². The standard InChI is InChI=1S/C5H11N5/c1-10-8-3-5(9-10)4(7)2-6/h3-4H,2,6-7H2,1H3. The van der Waals surface area contributed by atoms with Gasteiger partial charge in [0.05, 0.1) is 12.2 Å². The smallest absolute Gasteiger partial charge is 0.101 e. The molecule has 0 aliphatic carbocycles. The van der Waals surface area contributed by atoms with Crippen LogP contribution in [-0.4, -0.2) is 21.5 Å². The quantitative estimate of drug-likeness (QED) is 0.540. The Labute approximate surface area is 59.0 Å². The van der Waals surface area contributed by atoms with E-state index in [1.165, 1.54) is 4.80 Å². The Kier molecular flexibility index (Phi) is 1.98. The van der Waals surface area contributed by atoms with E-state index in [4.69, 9.17) is 11.5 Å². The second-order valence-corrected chi connectivity index (χ2v) is 2.10. The van der Waals surface area contributed by atoms with Gasteiger partial charge in [0.1, 0.15) is 5.69 Å². The molecule has 0 aromatic carbocycles. The number of nitrogens with zero attached hydrogens (tertiary/aromatic N) is 3. The molecule has 1 unspecified atom stereocenters. The molecule has 0 radical (unpaired) electrons. The lowest BCUT2D eigenvalue weighted by atomic mass is 10.2. The summed E-state index contributed by atoms with van der Waals surface area (Å²) in [6, 6.07) is -0.186. The lowest BCUT2D eigenvalue weighted by Gasteiger charge is -2.01. The van der Waals surface area contributed by atoms with E-state index >= 15 is 0 Å². The summed E-state index contributed by atoms with van der Waals surface area (Å²) < 4.78 is 0. The Bertz CT molecular complexity index is 206. The molecule has 4 N–H and O–H groups in total. The van der Waals surface area contributed by atoms with Crippen molar-refractivity contribution in [2.45, 2.75) is 6.04 Å². The molecular formula is C5H11N5. The molecule has 0 aliphatic rings. The van der Waals surface area contributed by atoms with E-state index in [0.29, 0.717) is 6.54 Å². The Morgan fingerprint density at radius 1 is 1.80 bits per heavy atom. The number of hydrogen-bond donors (Lipinski definition) is 2. The van der Waals surface area contributed by atoms with Crippen LogP contribution in [0.25, 0.3) is 0 Å². The second kappa shape index (κ2) is 2.76. The zero-order valence-electron chi connectivity index (χ0n) is 5.86. The minimum atomic E-state index is -0.186. The van der Waals surface area contributed by atoms with Gasteiger partial charge in [0, 0.05) is 13.6 Å². The molecule has 10 heavy (non-hydrogen) atoms. The normalized spacial score (nSPS) is 13.5. The Hall–Kier alpha value is -0.940. The minimum absolute atomic E-state index is 0.186. The van der Waals surface area contributed by atoms with E-state index in [1.807, 2.05) is 0 Å². The molecule has 0 spiro atoms. The van der Waals surface area contributed by atoms with Crippen LogP contribution in [0.4, 0.5) is 0 Å². The fourth-order valence-corrected chi connectivity index (χ4v) is 0.652. The molecule has 56 valence electrons. The van der Waals surface area contributed by atoms with Gasteiger partial charge in [0.2, 0.25) is 0 Å². The maximum absolute atomic E-state index is 5.57. The van der Waals surface area contributed by atoms with Crippen molar-refractivity contribution in [2.75, 3.05) is 6.54 Å². The van der Waals surface area contributed by atoms with E-state index in [0.717, 1.165) is 5.69 Å². The lowest BCUT2D eigenvalue weighted by molar-refractivity contribution is 0.623. The van der Waals surface area contributed by atoms with Gasteiger partial charge in [-0.3, -0.25) is 0 Å². The Morgan fingerprint density at radius 2 is 2.50 bits per heavy atom. The van der Waals surface area contributed by atoms with Crippen LogP contribution in [0.3, 0.4) is 0 Å². The van der Waals surface area contributed by atoms with Gasteiger partial charge in [-0.2, -0.15) is 15.0 Å². The predicted octanol–water partition coefficient (Wildman–Crippen LogP) is -1.23. The van der Waals surface area contributed by atoms with Crippen molar-refractivity contribution in [3.05, 3.63) is 11.9 Å². The van der Waals surface area contributed by atoms with Crippen molar-refractivity contribution < 1.29 is 0 Å². The molecule has 0 fully saturated rings. The van der Waals surface area contributed by atoms with E-state index in [9.17, 15) is 0 Å². The first kappa shape index (κ1) is 7.17. The van der Waals surface area contributed by atoms with Gasteiger partial charge in [0.25, 0.3) is 0 Å². The van der Waals surface area contributed by atoms with Gasteiger partial charge < -0.3 is 11.5 Å². The van der Waals surface area contributed by atoms with Gasteiger partial charge in [-0.15, -0.1) is 0 Å². The summed E-state index contributed by atoms with van der Waals surface area (Å²) in [7, 11) is 1.74. The van der Waals surface area contributed by atoms with Crippen LogP contribution < -0.4 is 11.5 Å². The first-order valence-electron chi connectivity index (χ1n) is 3.06. The van der Waals surface area contributed by atoms with Gasteiger partial charge in [0.15, 0.2) is 0 Å². The zero-order chi connectivity index (χ0) is 7.56. The maximum atomic E-state index is 5.57. The number of rotatable bonds is 2. The van der Waals surface area contributed by atoms with E-state index in [-0.39, 0.29) is 6.04 Å². The average Bonchev–Trinajstić information content (AvgIpc) is 2.34. The largest absolute Gasteiger partial charge is 0.329 e. The molecule has 5 heteroatoms. The highest BCUT2D eigenvalue weighted by atomic mass is 15.4. The molecule has 0 aliphatic heterocycles. The molecule has 0 saturated carbocycles. The first-order valence-corrected chi connectivity index (χ1v) is 3.06. The Balaban J connectivity index is 2.74. The molecule has 0 saturated heterocycles. The lowest BCUT2D eigenvalue weighted by Crippen LogP contribution is -2.21. The van der Waals surface area contributed by atoms with E-state index < -0.39 is 0 Å². The fourth-order valence-electron chi connectivity index (χ4n) is 0.652. The molecular weight excluding hydrogens is 130 g/mol. The first-order chi connectivity index (χ1) is 4.74. The number of hydrogen-bond acceptors (Lipinski definition) is 4. The summed E-state index contributed by atoms with van der Waals surface area (Å²) in [5.41, 5.74) is 11.6.